The average molecular weight is 767 g/mol. The van der Waals surface area contributed by atoms with Crippen LogP contribution in [0.4, 0.5) is 17.1 Å². The smallest absolute Gasteiger partial charge is 0.0713 e. The van der Waals surface area contributed by atoms with E-state index in [9.17, 15) is 0 Å². The van der Waals surface area contributed by atoms with Crippen LogP contribution < -0.4 is 4.90 Å². The third-order valence-electron chi connectivity index (χ3n) is 13.5. The van der Waals surface area contributed by atoms with Gasteiger partial charge in [0.1, 0.15) is 0 Å². The van der Waals surface area contributed by atoms with Crippen molar-refractivity contribution in [3.05, 3.63) is 252 Å². The van der Waals surface area contributed by atoms with Gasteiger partial charge in [-0.15, -0.1) is 0 Å². The minimum atomic E-state index is -0.453. The summed E-state index contributed by atoms with van der Waals surface area (Å²) in [6.45, 7) is 4.73. The predicted molar refractivity (Wildman–Crippen MR) is 250 cm³/mol. The summed E-state index contributed by atoms with van der Waals surface area (Å²) in [6.07, 6.45) is 0. The first-order chi connectivity index (χ1) is 29.5. The van der Waals surface area contributed by atoms with Crippen LogP contribution in [0.25, 0.3) is 49.7 Å². The SMILES string of the molecule is CC1(C)c2ccccc2-c2ccc(N(c3ccc(-n4c5ccccc5c5ccccc54)cc3)c3ccc(C4(c5ccccc5)c5ccccc5-c5ccccc54)cc3)cc21. The molecule has 284 valence electrons. The maximum atomic E-state index is 2.44. The molecule has 0 saturated heterocycles. The Kier molecular flexibility index (Phi) is 7.52. The van der Waals surface area contributed by atoms with Crippen LogP contribution in [0.2, 0.25) is 0 Å². The number of hydrogen-bond donors (Lipinski definition) is 0. The normalized spacial score (nSPS) is 14.1. The van der Waals surface area contributed by atoms with Crippen molar-refractivity contribution >= 4 is 38.9 Å². The molecule has 60 heavy (non-hydrogen) atoms. The second-order valence-electron chi connectivity index (χ2n) is 16.9. The fourth-order valence-electron chi connectivity index (χ4n) is 10.8. The van der Waals surface area contributed by atoms with Crippen LogP contribution >= 0.6 is 0 Å². The number of hydrogen-bond acceptors (Lipinski definition) is 1. The fraction of sp³-hybridized carbons (Fsp3) is 0.0690. The molecule has 0 radical (unpaired) electrons. The number of rotatable bonds is 6. The molecular weight excluding hydrogens is 725 g/mol. The topological polar surface area (TPSA) is 8.17 Å². The van der Waals surface area contributed by atoms with Crippen LogP contribution in [-0.2, 0) is 10.8 Å². The summed E-state index contributed by atoms with van der Waals surface area (Å²) in [5.41, 5.74) is 19.5. The number of aromatic nitrogens is 1. The van der Waals surface area contributed by atoms with Crippen molar-refractivity contribution in [3.63, 3.8) is 0 Å². The number of nitrogens with zero attached hydrogens (tertiary/aromatic N) is 2. The maximum Gasteiger partial charge on any atom is 0.0713 e. The molecule has 0 unspecified atom stereocenters. The number of benzene rings is 9. The average Bonchev–Trinajstić information content (AvgIpc) is 3.89. The van der Waals surface area contributed by atoms with Gasteiger partial charge >= 0.3 is 0 Å². The molecule has 0 spiro atoms. The van der Waals surface area contributed by atoms with Crippen LogP contribution in [0.1, 0.15) is 47.2 Å². The van der Waals surface area contributed by atoms with Gasteiger partial charge in [0.15, 0.2) is 0 Å². The monoisotopic (exact) mass is 766 g/mol. The van der Waals surface area contributed by atoms with E-state index in [1.807, 2.05) is 0 Å². The van der Waals surface area contributed by atoms with E-state index < -0.39 is 5.41 Å². The van der Waals surface area contributed by atoms with Gasteiger partial charge in [0, 0.05) is 38.9 Å². The van der Waals surface area contributed by atoms with Crippen LogP contribution in [0.3, 0.4) is 0 Å². The first-order valence-corrected chi connectivity index (χ1v) is 21.0. The zero-order chi connectivity index (χ0) is 40.0. The first-order valence-electron chi connectivity index (χ1n) is 21.0. The van der Waals surface area contributed by atoms with E-state index in [1.54, 1.807) is 0 Å². The van der Waals surface area contributed by atoms with E-state index in [1.165, 1.54) is 77.4 Å². The summed E-state index contributed by atoms with van der Waals surface area (Å²) in [7, 11) is 0. The minimum Gasteiger partial charge on any atom is -0.310 e. The van der Waals surface area contributed by atoms with Crippen molar-refractivity contribution in [2.75, 3.05) is 4.90 Å². The summed E-state index contributed by atoms with van der Waals surface area (Å²) in [5, 5.41) is 2.53. The van der Waals surface area contributed by atoms with Gasteiger partial charge in [-0.05, 0) is 116 Å². The molecule has 0 amide bonds. The molecule has 2 aliphatic rings. The zero-order valence-electron chi connectivity index (χ0n) is 33.7. The zero-order valence-corrected chi connectivity index (χ0v) is 33.7. The molecule has 0 N–H and O–H groups in total. The molecular formula is C58H42N2. The Bertz CT molecular complexity index is 3180. The van der Waals surface area contributed by atoms with E-state index in [0.29, 0.717) is 0 Å². The highest BCUT2D eigenvalue weighted by atomic mass is 15.1. The van der Waals surface area contributed by atoms with Crippen molar-refractivity contribution in [1.82, 2.24) is 4.57 Å². The molecule has 0 saturated carbocycles. The Labute approximate surface area is 351 Å². The van der Waals surface area contributed by atoms with Gasteiger partial charge in [0.25, 0.3) is 0 Å². The predicted octanol–water partition coefficient (Wildman–Crippen LogP) is 14.9. The van der Waals surface area contributed by atoms with Crippen LogP contribution in [-0.4, -0.2) is 4.57 Å². The summed E-state index contributed by atoms with van der Waals surface area (Å²) >= 11 is 0. The summed E-state index contributed by atoms with van der Waals surface area (Å²) < 4.78 is 2.39. The molecule has 1 heterocycles. The van der Waals surface area contributed by atoms with E-state index in [-0.39, 0.29) is 5.41 Å². The van der Waals surface area contributed by atoms with Gasteiger partial charge < -0.3 is 9.47 Å². The fourth-order valence-corrected chi connectivity index (χ4v) is 10.8. The summed E-state index contributed by atoms with van der Waals surface area (Å²) in [5.74, 6) is 0. The minimum absolute atomic E-state index is 0.122. The molecule has 0 atom stereocenters. The van der Waals surface area contributed by atoms with Gasteiger partial charge in [-0.1, -0.05) is 172 Å². The van der Waals surface area contributed by atoms with Gasteiger partial charge in [0.05, 0.1) is 16.4 Å². The van der Waals surface area contributed by atoms with E-state index in [2.05, 4.69) is 242 Å². The van der Waals surface area contributed by atoms with Gasteiger partial charge in [-0.2, -0.15) is 0 Å². The largest absolute Gasteiger partial charge is 0.310 e. The Morgan fingerprint density at radius 3 is 1.38 bits per heavy atom. The Morgan fingerprint density at radius 2 is 0.783 bits per heavy atom. The highest BCUT2D eigenvalue weighted by molar-refractivity contribution is 6.09. The van der Waals surface area contributed by atoms with Crippen LogP contribution in [0, 0.1) is 0 Å². The summed E-state index contributed by atoms with van der Waals surface area (Å²) in [6, 6.07) is 80.9. The molecule has 2 aliphatic carbocycles. The Balaban J connectivity index is 1.03. The second kappa shape index (κ2) is 13.0. The number of para-hydroxylation sites is 2. The van der Waals surface area contributed by atoms with Crippen LogP contribution in [0.15, 0.2) is 218 Å². The van der Waals surface area contributed by atoms with Crippen molar-refractivity contribution in [2.45, 2.75) is 24.7 Å². The lowest BCUT2D eigenvalue weighted by molar-refractivity contribution is 0.660. The molecule has 1 aromatic heterocycles. The Hall–Kier alpha value is -7.42. The molecule has 2 heteroatoms. The molecule has 0 aliphatic heterocycles. The Morgan fingerprint density at radius 1 is 0.350 bits per heavy atom. The van der Waals surface area contributed by atoms with Crippen molar-refractivity contribution < 1.29 is 0 Å². The highest BCUT2D eigenvalue weighted by Crippen LogP contribution is 2.56. The molecule has 12 rings (SSSR count). The molecule has 0 fully saturated rings. The van der Waals surface area contributed by atoms with Crippen LogP contribution in [0.5, 0.6) is 0 Å². The molecule has 0 bridgehead atoms. The third-order valence-corrected chi connectivity index (χ3v) is 13.5. The third kappa shape index (κ3) is 4.82. The summed E-state index contributed by atoms with van der Waals surface area (Å²) in [4.78, 5) is 2.44. The lowest BCUT2D eigenvalue weighted by atomic mass is 9.68. The maximum absolute atomic E-state index is 2.44. The van der Waals surface area contributed by atoms with Gasteiger partial charge in [-0.3, -0.25) is 0 Å². The lowest BCUT2D eigenvalue weighted by Gasteiger charge is -2.34. The van der Waals surface area contributed by atoms with Crippen molar-refractivity contribution in [2.24, 2.45) is 0 Å². The van der Waals surface area contributed by atoms with E-state index >= 15 is 0 Å². The molecule has 10 aromatic rings. The highest BCUT2D eigenvalue weighted by Gasteiger charge is 2.46. The van der Waals surface area contributed by atoms with Crippen molar-refractivity contribution in [1.29, 1.82) is 0 Å². The standard InChI is InChI=1S/C58H42N2/c1-57(2)51-23-11-6-18-45(51)48-37-36-44(38-54(48)57)59(42-32-34-43(35-33-42)60-55-26-14-9-21-49(55)50-22-10-15-27-56(50)60)41-30-28-40(29-31-41)58(39-16-4-3-5-17-39)52-24-12-7-19-46(52)47-20-8-13-25-53(47)58/h3-38H,1-2H3. The van der Waals surface area contributed by atoms with Crippen molar-refractivity contribution in [3.8, 4) is 27.9 Å². The molecule has 2 nitrogen and oxygen atoms in total. The van der Waals surface area contributed by atoms with E-state index in [0.717, 1.165) is 22.7 Å². The first kappa shape index (κ1) is 34.6. The molecule has 9 aromatic carbocycles. The number of anilines is 3. The number of fused-ring (bicyclic) bond motifs is 9. The van der Waals surface area contributed by atoms with E-state index in [4.69, 9.17) is 0 Å². The quantitative estimate of drug-likeness (QED) is 0.164. The van der Waals surface area contributed by atoms with Gasteiger partial charge in [0.2, 0.25) is 0 Å². The van der Waals surface area contributed by atoms with Gasteiger partial charge in [-0.25, -0.2) is 0 Å². The lowest BCUT2D eigenvalue weighted by Crippen LogP contribution is -2.28. The second-order valence-corrected chi connectivity index (χ2v) is 16.9.